The maximum atomic E-state index is 12.2. The van der Waals surface area contributed by atoms with Gasteiger partial charge in [-0.15, -0.1) is 0 Å². The van der Waals surface area contributed by atoms with Gasteiger partial charge >= 0.3 is 5.97 Å². The predicted molar refractivity (Wildman–Crippen MR) is 105 cm³/mol. The van der Waals surface area contributed by atoms with Crippen molar-refractivity contribution in [2.24, 2.45) is 5.16 Å². The van der Waals surface area contributed by atoms with Crippen molar-refractivity contribution in [1.82, 2.24) is 10.4 Å². The molecule has 5 nitrogen and oxygen atoms in total. The molecule has 0 aromatic heterocycles. The molecule has 1 saturated heterocycles. The van der Waals surface area contributed by atoms with E-state index in [0.29, 0.717) is 14.4 Å². The van der Waals surface area contributed by atoms with Crippen LogP contribution in [0.1, 0.15) is 22.0 Å². The second-order valence-corrected chi connectivity index (χ2v) is 7.25. The first-order valence-corrected chi connectivity index (χ1v) is 8.97. The Kier molecular flexibility index (Phi) is 5.70. The van der Waals surface area contributed by atoms with Crippen LogP contribution in [-0.4, -0.2) is 27.4 Å². The Balaban J connectivity index is 1.84. The summed E-state index contributed by atoms with van der Waals surface area (Å²) in [4.78, 5) is 17.3. The predicted octanol–water partition coefficient (Wildman–Crippen LogP) is 4.02. The van der Waals surface area contributed by atoms with Crippen LogP contribution in [0, 0.1) is 0 Å². The SMILES string of the molecule is CN1NC(c2ccccc2)C(=NOC(=O)c2ccccc2Cl)SC1=S. The summed E-state index contributed by atoms with van der Waals surface area (Å²) in [5, 5.41) is 6.65. The summed E-state index contributed by atoms with van der Waals surface area (Å²) in [6.45, 7) is 0. The summed E-state index contributed by atoms with van der Waals surface area (Å²) in [5.74, 6) is -0.615. The van der Waals surface area contributed by atoms with E-state index in [0.717, 1.165) is 5.56 Å². The zero-order chi connectivity index (χ0) is 17.8. The molecule has 0 saturated carbocycles. The van der Waals surface area contributed by atoms with E-state index in [1.165, 1.54) is 11.8 Å². The van der Waals surface area contributed by atoms with Gasteiger partial charge in [-0.3, -0.25) is 5.01 Å². The summed E-state index contributed by atoms with van der Waals surface area (Å²) in [6, 6.07) is 16.1. The van der Waals surface area contributed by atoms with Gasteiger partial charge in [0, 0.05) is 7.05 Å². The number of nitrogens with one attached hydrogen (secondary N) is 1. The molecule has 1 unspecified atom stereocenters. The number of thioether (sulfide) groups is 1. The highest BCUT2D eigenvalue weighted by Crippen LogP contribution is 2.28. The van der Waals surface area contributed by atoms with E-state index >= 15 is 0 Å². The topological polar surface area (TPSA) is 53.9 Å². The molecule has 3 rings (SSSR count). The van der Waals surface area contributed by atoms with Crippen molar-refractivity contribution >= 4 is 50.9 Å². The van der Waals surface area contributed by atoms with Crippen molar-refractivity contribution in [2.75, 3.05) is 7.05 Å². The molecule has 1 aliphatic rings. The number of hydrogen-bond acceptors (Lipinski definition) is 6. The summed E-state index contributed by atoms with van der Waals surface area (Å²) in [5.41, 5.74) is 4.48. The highest BCUT2D eigenvalue weighted by atomic mass is 35.5. The van der Waals surface area contributed by atoms with Crippen LogP contribution in [0.25, 0.3) is 0 Å². The smallest absolute Gasteiger partial charge is 0.312 e. The summed E-state index contributed by atoms with van der Waals surface area (Å²) in [7, 11) is 1.83. The van der Waals surface area contributed by atoms with Crippen molar-refractivity contribution < 1.29 is 9.63 Å². The second-order valence-electron chi connectivity index (χ2n) is 5.19. The number of hydrazine groups is 1. The van der Waals surface area contributed by atoms with Gasteiger partial charge in [-0.25, -0.2) is 10.2 Å². The average Bonchev–Trinajstić information content (AvgIpc) is 2.63. The number of oxime groups is 1. The molecule has 128 valence electrons. The average molecular weight is 392 g/mol. The van der Waals surface area contributed by atoms with Crippen LogP contribution in [0.3, 0.4) is 0 Å². The number of halogens is 1. The van der Waals surface area contributed by atoms with E-state index in [9.17, 15) is 4.79 Å². The lowest BCUT2D eigenvalue weighted by Gasteiger charge is -2.33. The van der Waals surface area contributed by atoms with Gasteiger partial charge in [0.15, 0.2) is 4.32 Å². The largest absolute Gasteiger partial charge is 0.367 e. The first-order valence-electron chi connectivity index (χ1n) is 7.36. The zero-order valence-corrected chi connectivity index (χ0v) is 15.6. The van der Waals surface area contributed by atoms with Crippen LogP contribution in [-0.2, 0) is 4.84 Å². The Morgan fingerprint density at radius 3 is 2.64 bits per heavy atom. The second kappa shape index (κ2) is 7.97. The van der Waals surface area contributed by atoms with Crippen LogP contribution >= 0.6 is 35.6 Å². The fourth-order valence-electron chi connectivity index (χ4n) is 2.21. The molecular formula is C17H14ClN3O2S2. The fourth-order valence-corrected chi connectivity index (χ4v) is 3.49. The lowest BCUT2D eigenvalue weighted by Crippen LogP contribution is -2.47. The Morgan fingerprint density at radius 1 is 1.24 bits per heavy atom. The number of thiocarbonyl (C=S) groups is 1. The van der Waals surface area contributed by atoms with Crippen LogP contribution in [0.4, 0.5) is 0 Å². The molecule has 25 heavy (non-hydrogen) atoms. The number of rotatable bonds is 3. The Morgan fingerprint density at radius 2 is 1.92 bits per heavy atom. The maximum absolute atomic E-state index is 12.2. The van der Waals surface area contributed by atoms with Crippen molar-refractivity contribution in [3.05, 3.63) is 70.7 Å². The minimum atomic E-state index is -0.615. The molecule has 8 heteroatoms. The van der Waals surface area contributed by atoms with Gasteiger partial charge in [0.25, 0.3) is 0 Å². The first-order chi connectivity index (χ1) is 12.1. The van der Waals surface area contributed by atoms with Gasteiger partial charge in [-0.2, -0.15) is 0 Å². The lowest BCUT2D eigenvalue weighted by atomic mass is 10.1. The minimum Gasteiger partial charge on any atom is -0.312 e. The zero-order valence-electron chi connectivity index (χ0n) is 13.2. The van der Waals surface area contributed by atoms with Crippen molar-refractivity contribution in [3.8, 4) is 0 Å². The van der Waals surface area contributed by atoms with Gasteiger partial charge < -0.3 is 4.84 Å². The molecule has 1 atom stereocenters. The molecule has 0 bridgehead atoms. The van der Waals surface area contributed by atoms with Crippen LogP contribution in [0.2, 0.25) is 5.02 Å². The molecule has 1 aliphatic heterocycles. The van der Waals surface area contributed by atoms with Gasteiger partial charge in [0.05, 0.1) is 10.6 Å². The van der Waals surface area contributed by atoms with E-state index in [4.69, 9.17) is 28.7 Å². The van der Waals surface area contributed by atoms with E-state index in [-0.39, 0.29) is 11.6 Å². The molecule has 0 amide bonds. The van der Waals surface area contributed by atoms with Crippen LogP contribution < -0.4 is 5.43 Å². The highest BCUT2D eigenvalue weighted by molar-refractivity contribution is 8.33. The van der Waals surface area contributed by atoms with Gasteiger partial charge in [-0.1, -0.05) is 71.4 Å². The third-order valence-corrected chi connectivity index (χ3v) is 5.30. The number of carbonyl (C=O) groups excluding carboxylic acids is 1. The Bertz CT molecular complexity index is 830. The molecule has 1 N–H and O–H groups in total. The number of carbonyl (C=O) groups is 1. The lowest BCUT2D eigenvalue weighted by molar-refractivity contribution is 0.0516. The molecule has 2 aromatic rings. The number of nitrogens with zero attached hydrogens (tertiary/aromatic N) is 2. The van der Waals surface area contributed by atoms with E-state index in [2.05, 4.69) is 10.6 Å². The van der Waals surface area contributed by atoms with E-state index in [1.807, 2.05) is 37.4 Å². The monoisotopic (exact) mass is 391 g/mol. The molecule has 0 aliphatic carbocycles. The Hall–Kier alpha value is -1.93. The summed E-state index contributed by atoms with van der Waals surface area (Å²) in [6.07, 6.45) is 0. The number of benzene rings is 2. The van der Waals surface area contributed by atoms with Gasteiger partial charge in [-0.05, 0) is 29.5 Å². The maximum Gasteiger partial charge on any atom is 0.367 e. The molecule has 2 aromatic carbocycles. The van der Waals surface area contributed by atoms with Crippen molar-refractivity contribution in [1.29, 1.82) is 0 Å². The summed E-state index contributed by atoms with van der Waals surface area (Å²) >= 11 is 12.6. The standard InChI is InChI=1S/C17H14ClN3O2S2/c1-21-17(24)25-15(14(19-21)11-7-3-2-4-8-11)20-23-16(22)12-9-5-6-10-13(12)18/h2-10,14,19H,1H3. The van der Waals surface area contributed by atoms with E-state index in [1.54, 1.807) is 29.3 Å². The third-order valence-electron chi connectivity index (χ3n) is 3.48. The summed E-state index contributed by atoms with van der Waals surface area (Å²) < 4.78 is 0.583. The third kappa shape index (κ3) is 4.19. The number of hydrogen-bond donors (Lipinski definition) is 1. The quantitative estimate of drug-likeness (QED) is 0.484. The van der Waals surface area contributed by atoms with Crippen molar-refractivity contribution in [2.45, 2.75) is 6.04 Å². The molecule has 1 fully saturated rings. The molecule has 1 heterocycles. The molecular weight excluding hydrogens is 378 g/mol. The molecule has 0 radical (unpaired) electrons. The fraction of sp³-hybridized carbons (Fsp3) is 0.118. The minimum absolute atomic E-state index is 0.262. The normalized spacial score (nSPS) is 19.1. The van der Waals surface area contributed by atoms with Crippen LogP contribution in [0.5, 0.6) is 0 Å². The van der Waals surface area contributed by atoms with Gasteiger partial charge in [0.1, 0.15) is 11.1 Å². The van der Waals surface area contributed by atoms with Crippen molar-refractivity contribution in [3.63, 3.8) is 0 Å². The highest BCUT2D eigenvalue weighted by Gasteiger charge is 2.29. The van der Waals surface area contributed by atoms with Gasteiger partial charge in [0.2, 0.25) is 0 Å². The first kappa shape index (κ1) is 17.9. The molecule has 0 spiro atoms. The van der Waals surface area contributed by atoms with Crippen LogP contribution in [0.15, 0.2) is 59.8 Å². The Labute approximate surface area is 159 Å². The van der Waals surface area contributed by atoms with E-state index < -0.39 is 5.97 Å².